The second-order valence-electron chi connectivity index (χ2n) is 4.24. The van der Waals surface area contributed by atoms with Crippen molar-refractivity contribution in [3.8, 4) is 11.5 Å². The zero-order chi connectivity index (χ0) is 13.8. The lowest BCUT2D eigenvalue weighted by Gasteiger charge is -2.05. The lowest BCUT2D eigenvalue weighted by Crippen LogP contribution is -1.95. The fraction of sp³-hybridized carbons (Fsp3) is 0.0625. The summed E-state index contributed by atoms with van der Waals surface area (Å²) in [5.74, 6) is -0.974. The highest BCUT2D eigenvalue weighted by atomic mass is 16.3. The molecule has 96 valence electrons. The molecule has 3 nitrogen and oxygen atoms in total. The Morgan fingerprint density at radius 2 is 1.68 bits per heavy atom. The Bertz CT molecular complexity index is 628. The number of ketones is 1. The summed E-state index contributed by atoms with van der Waals surface area (Å²) in [6.45, 7) is 1.66. The second-order valence-corrected chi connectivity index (χ2v) is 4.24. The number of rotatable bonds is 3. The molecule has 2 rings (SSSR count). The summed E-state index contributed by atoms with van der Waals surface area (Å²) in [6.07, 6.45) is 3.04. The third-order valence-electron chi connectivity index (χ3n) is 2.85. The smallest absolute Gasteiger partial charge is 0.189 e. The van der Waals surface area contributed by atoms with Crippen LogP contribution in [0.1, 0.15) is 21.5 Å². The molecule has 0 unspecified atom stereocenters. The van der Waals surface area contributed by atoms with Crippen LogP contribution in [-0.2, 0) is 0 Å². The van der Waals surface area contributed by atoms with Gasteiger partial charge in [-0.3, -0.25) is 4.79 Å². The van der Waals surface area contributed by atoms with Crippen molar-refractivity contribution in [1.29, 1.82) is 0 Å². The fourth-order valence-electron chi connectivity index (χ4n) is 1.71. The van der Waals surface area contributed by atoms with Crippen LogP contribution in [-0.4, -0.2) is 16.0 Å². The summed E-state index contributed by atoms with van der Waals surface area (Å²) >= 11 is 0. The number of allylic oxidation sites excluding steroid dienone is 1. The molecule has 0 aliphatic rings. The first kappa shape index (κ1) is 12.9. The Morgan fingerprint density at radius 1 is 1.00 bits per heavy atom. The molecule has 0 amide bonds. The normalized spacial score (nSPS) is 10.8. The summed E-state index contributed by atoms with van der Waals surface area (Å²) in [6, 6.07) is 12.5. The standard InChI is InChI=1S/C16H14O3/c1-11-7-9-13(16(19)15(11)18)14(17)10-8-12-5-3-2-4-6-12/h2-10,18-19H,1H3/b10-8+. The minimum Gasteiger partial charge on any atom is -0.504 e. The highest BCUT2D eigenvalue weighted by molar-refractivity contribution is 6.09. The van der Waals surface area contributed by atoms with Crippen molar-refractivity contribution in [2.45, 2.75) is 6.92 Å². The number of aryl methyl sites for hydroxylation is 1. The fourth-order valence-corrected chi connectivity index (χ4v) is 1.71. The largest absolute Gasteiger partial charge is 0.504 e. The van der Waals surface area contributed by atoms with Gasteiger partial charge in [0.2, 0.25) is 0 Å². The molecule has 0 aromatic heterocycles. The zero-order valence-corrected chi connectivity index (χ0v) is 10.5. The van der Waals surface area contributed by atoms with Crippen LogP contribution in [0.25, 0.3) is 6.08 Å². The molecule has 0 saturated carbocycles. The molecule has 2 aromatic carbocycles. The third-order valence-corrected chi connectivity index (χ3v) is 2.85. The van der Waals surface area contributed by atoms with Gasteiger partial charge < -0.3 is 10.2 Å². The van der Waals surface area contributed by atoms with Gasteiger partial charge in [-0.1, -0.05) is 42.5 Å². The Morgan fingerprint density at radius 3 is 2.37 bits per heavy atom. The van der Waals surface area contributed by atoms with E-state index in [0.717, 1.165) is 5.56 Å². The third kappa shape index (κ3) is 2.83. The van der Waals surface area contributed by atoms with Crippen molar-refractivity contribution in [3.63, 3.8) is 0 Å². The van der Waals surface area contributed by atoms with Crippen molar-refractivity contribution >= 4 is 11.9 Å². The number of hydrogen-bond donors (Lipinski definition) is 2. The Hall–Kier alpha value is -2.55. The van der Waals surface area contributed by atoms with Crippen LogP contribution < -0.4 is 0 Å². The highest BCUT2D eigenvalue weighted by Gasteiger charge is 2.13. The molecule has 2 aromatic rings. The van der Waals surface area contributed by atoms with E-state index in [0.29, 0.717) is 5.56 Å². The first-order chi connectivity index (χ1) is 9.09. The van der Waals surface area contributed by atoms with Gasteiger partial charge >= 0.3 is 0 Å². The lowest BCUT2D eigenvalue weighted by molar-refractivity contribution is 0.104. The summed E-state index contributed by atoms with van der Waals surface area (Å²) in [7, 11) is 0. The Labute approximate surface area is 111 Å². The van der Waals surface area contributed by atoms with E-state index in [9.17, 15) is 15.0 Å². The van der Waals surface area contributed by atoms with Crippen molar-refractivity contribution < 1.29 is 15.0 Å². The van der Waals surface area contributed by atoms with Crippen LogP contribution in [0, 0.1) is 6.92 Å². The van der Waals surface area contributed by atoms with Gasteiger partial charge in [0, 0.05) is 0 Å². The molecular weight excluding hydrogens is 240 g/mol. The molecule has 0 saturated heterocycles. The number of carbonyl (C=O) groups is 1. The van der Waals surface area contributed by atoms with Crippen molar-refractivity contribution in [3.05, 3.63) is 65.2 Å². The zero-order valence-electron chi connectivity index (χ0n) is 10.5. The molecule has 2 N–H and O–H groups in total. The first-order valence-corrected chi connectivity index (χ1v) is 5.88. The van der Waals surface area contributed by atoms with Gasteiger partial charge in [0.15, 0.2) is 17.3 Å². The van der Waals surface area contributed by atoms with Crippen molar-refractivity contribution in [1.82, 2.24) is 0 Å². The summed E-state index contributed by atoms with van der Waals surface area (Å²) < 4.78 is 0. The highest BCUT2D eigenvalue weighted by Crippen LogP contribution is 2.32. The number of hydrogen-bond acceptors (Lipinski definition) is 3. The maximum absolute atomic E-state index is 11.9. The van der Waals surface area contributed by atoms with E-state index < -0.39 is 0 Å². The first-order valence-electron chi connectivity index (χ1n) is 5.88. The molecule has 19 heavy (non-hydrogen) atoms. The quantitative estimate of drug-likeness (QED) is 0.502. The van der Waals surface area contributed by atoms with Crippen LogP contribution in [0.5, 0.6) is 11.5 Å². The molecule has 0 atom stereocenters. The summed E-state index contributed by atoms with van der Waals surface area (Å²) in [4.78, 5) is 11.9. The molecule has 3 heteroatoms. The molecule has 0 fully saturated rings. The summed E-state index contributed by atoms with van der Waals surface area (Å²) in [5, 5.41) is 19.3. The molecule has 0 aliphatic heterocycles. The lowest BCUT2D eigenvalue weighted by atomic mass is 10.0. The maximum atomic E-state index is 11.9. The van der Waals surface area contributed by atoms with E-state index in [4.69, 9.17) is 0 Å². The predicted molar refractivity (Wildman–Crippen MR) is 74.3 cm³/mol. The number of carbonyl (C=O) groups excluding carboxylic acids is 1. The summed E-state index contributed by atoms with van der Waals surface area (Å²) in [5.41, 5.74) is 1.52. The van der Waals surface area contributed by atoms with E-state index in [1.807, 2.05) is 30.3 Å². The van der Waals surface area contributed by atoms with Gasteiger partial charge in [0.05, 0.1) is 5.56 Å². The van der Waals surface area contributed by atoms with Crippen LogP contribution in [0.4, 0.5) is 0 Å². The van der Waals surface area contributed by atoms with Gasteiger partial charge in [-0.15, -0.1) is 0 Å². The average Bonchev–Trinajstić information content (AvgIpc) is 2.43. The van der Waals surface area contributed by atoms with Gasteiger partial charge in [-0.25, -0.2) is 0 Å². The predicted octanol–water partition coefficient (Wildman–Crippen LogP) is 3.30. The maximum Gasteiger partial charge on any atom is 0.189 e. The Kier molecular flexibility index (Phi) is 3.66. The van der Waals surface area contributed by atoms with Crippen LogP contribution in [0.15, 0.2) is 48.5 Å². The van der Waals surface area contributed by atoms with E-state index in [1.54, 1.807) is 19.1 Å². The minimum absolute atomic E-state index is 0.0929. The average molecular weight is 254 g/mol. The van der Waals surface area contributed by atoms with Crippen LogP contribution >= 0.6 is 0 Å². The van der Waals surface area contributed by atoms with E-state index >= 15 is 0 Å². The monoisotopic (exact) mass is 254 g/mol. The second kappa shape index (κ2) is 5.40. The number of phenolic OH excluding ortho intramolecular Hbond substituents is 2. The molecule has 0 spiro atoms. The van der Waals surface area contributed by atoms with Gasteiger partial charge in [-0.2, -0.15) is 0 Å². The van der Waals surface area contributed by atoms with Crippen molar-refractivity contribution in [2.75, 3.05) is 0 Å². The van der Waals surface area contributed by atoms with E-state index in [-0.39, 0.29) is 22.8 Å². The topological polar surface area (TPSA) is 57.5 Å². The van der Waals surface area contributed by atoms with Gasteiger partial charge in [0.25, 0.3) is 0 Å². The molecule has 0 aliphatic carbocycles. The molecule has 0 radical (unpaired) electrons. The minimum atomic E-state index is -0.372. The van der Waals surface area contributed by atoms with E-state index in [1.165, 1.54) is 12.1 Å². The number of benzene rings is 2. The van der Waals surface area contributed by atoms with Crippen LogP contribution in [0.3, 0.4) is 0 Å². The van der Waals surface area contributed by atoms with Gasteiger partial charge in [0.1, 0.15) is 0 Å². The van der Waals surface area contributed by atoms with Crippen LogP contribution in [0.2, 0.25) is 0 Å². The number of aromatic hydroxyl groups is 2. The van der Waals surface area contributed by atoms with E-state index in [2.05, 4.69) is 0 Å². The molecule has 0 bridgehead atoms. The van der Waals surface area contributed by atoms with Crippen molar-refractivity contribution in [2.24, 2.45) is 0 Å². The molecular formula is C16H14O3. The van der Waals surface area contributed by atoms with Gasteiger partial charge in [-0.05, 0) is 30.2 Å². The Balaban J connectivity index is 2.26. The molecule has 0 heterocycles. The number of phenols is 2. The SMILES string of the molecule is Cc1ccc(C(=O)/C=C/c2ccccc2)c(O)c1O.